The van der Waals surface area contributed by atoms with Gasteiger partial charge in [0.1, 0.15) is 15.5 Å². The van der Waals surface area contributed by atoms with Crippen molar-refractivity contribution in [3.63, 3.8) is 0 Å². The molecule has 0 aliphatic heterocycles. The molecule has 1 aromatic rings. The minimum absolute atomic E-state index is 0.0579. The Bertz CT molecular complexity index is 596. The fraction of sp³-hybridized carbons (Fsp3) is 0.750. The Hall–Kier alpha value is -1.24. The van der Waals surface area contributed by atoms with Crippen molar-refractivity contribution in [3.05, 3.63) is 16.0 Å². The number of nitrogen functional groups attached to an aromatic ring is 1. The fourth-order valence-corrected chi connectivity index (χ4v) is 2.67. The first kappa shape index (κ1) is 15.8. The first-order valence-electron chi connectivity index (χ1n) is 6.45. The highest BCUT2D eigenvalue weighted by Gasteiger charge is 2.20. The second-order valence-electron chi connectivity index (χ2n) is 5.13. The van der Waals surface area contributed by atoms with E-state index in [1.165, 1.54) is 4.68 Å². The summed E-state index contributed by atoms with van der Waals surface area (Å²) in [5, 5.41) is 0. The van der Waals surface area contributed by atoms with Gasteiger partial charge < -0.3 is 5.73 Å². The van der Waals surface area contributed by atoms with Gasteiger partial charge in [-0.15, -0.1) is 0 Å². The number of anilines is 1. The highest BCUT2D eigenvalue weighted by Crippen LogP contribution is 2.20. The second kappa shape index (κ2) is 5.81. The molecule has 0 fully saturated rings. The zero-order valence-electron chi connectivity index (χ0n) is 12.0. The van der Waals surface area contributed by atoms with Gasteiger partial charge in [0, 0.05) is 12.8 Å². The minimum atomic E-state index is -3.11. The topological polar surface area (TPSA) is 87.1 Å². The predicted octanol–water partition coefficient (Wildman–Crippen LogP) is 0.810. The summed E-state index contributed by atoms with van der Waals surface area (Å²) in [5.41, 5.74) is 6.61. The number of rotatable bonds is 6. The van der Waals surface area contributed by atoms with E-state index in [-0.39, 0.29) is 29.5 Å². The van der Waals surface area contributed by atoms with Crippen molar-refractivity contribution in [1.29, 1.82) is 0 Å². The van der Waals surface area contributed by atoms with Gasteiger partial charge in [-0.3, -0.25) is 9.48 Å². The number of nitrogens with zero attached hydrogens (tertiary/aromatic N) is 2. The molecule has 0 saturated heterocycles. The van der Waals surface area contributed by atoms with Crippen LogP contribution >= 0.6 is 0 Å². The summed E-state index contributed by atoms with van der Waals surface area (Å²) in [6.07, 6.45) is 2.02. The summed E-state index contributed by atoms with van der Waals surface area (Å²) >= 11 is 0. The van der Waals surface area contributed by atoms with E-state index in [2.05, 4.69) is 0 Å². The molecule has 0 bridgehead atoms. The molecular weight excluding hydrogens is 266 g/mol. The Morgan fingerprint density at radius 2 is 1.79 bits per heavy atom. The molecule has 0 aliphatic rings. The lowest BCUT2D eigenvalue weighted by molar-refractivity contribution is 0.433. The largest absolute Gasteiger partial charge is 0.393 e. The first-order chi connectivity index (χ1) is 8.69. The van der Waals surface area contributed by atoms with Crippen LogP contribution in [0.5, 0.6) is 0 Å². The molecule has 6 nitrogen and oxygen atoms in total. The van der Waals surface area contributed by atoms with Gasteiger partial charge in [-0.25, -0.2) is 13.1 Å². The van der Waals surface area contributed by atoms with Crippen molar-refractivity contribution >= 4 is 15.5 Å². The lowest BCUT2D eigenvalue weighted by atomic mass is 10.1. The molecular formula is C12H23N3O3S. The quantitative estimate of drug-likeness (QED) is 0.839. The van der Waals surface area contributed by atoms with Gasteiger partial charge in [-0.05, 0) is 12.3 Å². The van der Waals surface area contributed by atoms with E-state index in [0.717, 1.165) is 18.4 Å². The normalized spacial score (nSPS) is 12.3. The Balaban J connectivity index is 3.29. The second-order valence-corrected chi connectivity index (χ2v) is 7.39. The van der Waals surface area contributed by atoms with Gasteiger partial charge in [0.05, 0.1) is 18.0 Å². The SMILES string of the molecule is CCCn1c(C(C)C)c(N)c(=O)n1CCS(C)(=O)=O. The van der Waals surface area contributed by atoms with Gasteiger partial charge in [-0.1, -0.05) is 20.8 Å². The molecule has 0 atom stereocenters. The Morgan fingerprint density at radius 3 is 2.21 bits per heavy atom. The average molecular weight is 289 g/mol. The maximum atomic E-state index is 12.1. The van der Waals surface area contributed by atoms with Crippen molar-refractivity contribution in [2.24, 2.45) is 0 Å². The van der Waals surface area contributed by atoms with Crippen molar-refractivity contribution in [2.45, 2.75) is 46.2 Å². The van der Waals surface area contributed by atoms with Crippen molar-refractivity contribution in [2.75, 3.05) is 17.7 Å². The summed E-state index contributed by atoms with van der Waals surface area (Å²) in [7, 11) is -3.11. The van der Waals surface area contributed by atoms with E-state index in [9.17, 15) is 13.2 Å². The molecule has 0 saturated carbocycles. The van der Waals surface area contributed by atoms with Crippen LogP contribution in [0, 0.1) is 0 Å². The molecule has 7 heteroatoms. The summed E-state index contributed by atoms with van der Waals surface area (Å²) in [6.45, 7) is 6.75. The highest BCUT2D eigenvalue weighted by atomic mass is 32.2. The van der Waals surface area contributed by atoms with Crippen molar-refractivity contribution < 1.29 is 8.42 Å². The van der Waals surface area contributed by atoms with E-state index in [1.54, 1.807) is 0 Å². The molecule has 110 valence electrons. The molecule has 2 N–H and O–H groups in total. The molecule has 0 unspecified atom stereocenters. The molecule has 0 spiro atoms. The molecule has 0 aromatic carbocycles. The molecule has 19 heavy (non-hydrogen) atoms. The van der Waals surface area contributed by atoms with Gasteiger partial charge in [0.25, 0.3) is 5.56 Å². The van der Waals surface area contributed by atoms with E-state index < -0.39 is 9.84 Å². The summed E-state index contributed by atoms with van der Waals surface area (Å²) in [5.74, 6) is 0.0659. The molecule has 1 aromatic heterocycles. The standard InChI is InChI=1S/C12H23N3O3S/c1-5-6-14-11(9(2)3)10(13)12(16)15(14)7-8-19(4,17)18/h9H,5-8,13H2,1-4H3. The third kappa shape index (κ3) is 3.62. The summed E-state index contributed by atoms with van der Waals surface area (Å²) in [4.78, 5) is 12.1. The smallest absolute Gasteiger partial charge is 0.290 e. The van der Waals surface area contributed by atoms with Crippen molar-refractivity contribution in [1.82, 2.24) is 9.36 Å². The number of sulfone groups is 1. The maximum absolute atomic E-state index is 12.1. The fourth-order valence-electron chi connectivity index (χ4n) is 2.16. The average Bonchev–Trinajstić information content (AvgIpc) is 2.49. The molecule has 0 amide bonds. The Kier molecular flexibility index (Phi) is 4.84. The van der Waals surface area contributed by atoms with Gasteiger partial charge in [-0.2, -0.15) is 0 Å². The van der Waals surface area contributed by atoms with Crippen LogP contribution in [0.25, 0.3) is 0 Å². The van der Waals surface area contributed by atoms with Crippen LogP contribution in [-0.2, 0) is 22.9 Å². The van der Waals surface area contributed by atoms with Crippen LogP contribution < -0.4 is 11.3 Å². The Labute approximate surface area is 114 Å². The first-order valence-corrected chi connectivity index (χ1v) is 8.51. The van der Waals surface area contributed by atoms with Crippen LogP contribution in [-0.4, -0.2) is 29.8 Å². The summed E-state index contributed by atoms with van der Waals surface area (Å²) < 4.78 is 25.8. The van der Waals surface area contributed by atoms with Crippen LogP contribution in [0.2, 0.25) is 0 Å². The van der Waals surface area contributed by atoms with E-state index in [0.29, 0.717) is 6.54 Å². The zero-order valence-corrected chi connectivity index (χ0v) is 12.8. The lowest BCUT2D eigenvalue weighted by Crippen LogP contribution is -2.27. The predicted molar refractivity (Wildman–Crippen MR) is 77.2 cm³/mol. The van der Waals surface area contributed by atoms with Crippen LogP contribution in [0.15, 0.2) is 4.79 Å². The van der Waals surface area contributed by atoms with E-state index >= 15 is 0 Å². The van der Waals surface area contributed by atoms with Gasteiger partial charge in [0.15, 0.2) is 0 Å². The van der Waals surface area contributed by atoms with E-state index in [1.807, 2.05) is 25.5 Å². The van der Waals surface area contributed by atoms with Gasteiger partial charge in [0.2, 0.25) is 0 Å². The van der Waals surface area contributed by atoms with Gasteiger partial charge >= 0.3 is 0 Å². The lowest BCUT2D eigenvalue weighted by Gasteiger charge is -2.15. The van der Waals surface area contributed by atoms with Crippen LogP contribution in [0.1, 0.15) is 38.8 Å². The Morgan fingerprint density at radius 1 is 1.21 bits per heavy atom. The molecule has 1 heterocycles. The van der Waals surface area contributed by atoms with Crippen molar-refractivity contribution in [3.8, 4) is 0 Å². The maximum Gasteiger partial charge on any atom is 0.290 e. The van der Waals surface area contributed by atoms with Crippen LogP contribution in [0.3, 0.4) is 0 Å². The monoisotopic (exact) mass is 289 g/mol. The molecule has 0 radical (unpaired) electrons. The molecule has 0 aliphatic carbocycles. The number of hydrogen-bond acceptors (Lipinski definition) is 4. The number of hydrogen-bond donors (Lipinski definition) is 1. The third-order valence-electron chi connectivity index (χ3n) is 2.97. The van der Waals surface area contributed by atoms with Crippen LogP contribution in [0.4, 0.5) is 5.69 Å². The summed E-state index contributed by atoms with van der Waals surface area (Å²) in [6, 6.07) is 0. The minimum Gasteiger partial charge on any atom is -0.393 e. The zero-order chi connectivity index (χ0) is 14.8. The third-order valence-corrected chi connectivity index (χ3v) is 3.89. The number of nitrogens with two attached hydrogens (primary N) is 1. The van der Waals surface area contributed by atoms with E-state index in [4.69, 9.17) is 5.73 Å². The number of aromatic nitrogens is 2. The highest BCUT2D eigenvalue weighted by molar-refractivity contribution is 7.90. The molecule has 1 rings (SSSR count).